The number of carbonyl (C=O) groups is 1. The second-order valence-corrected chi connectivity index (χ2v) is 7.06. The van der Waals surface area contributed by atoms with E-state index in [9.17, 15) is 13.2 Å². The average Bonchev–Trinajstić information content (AvgIpc) is 2.45. The van der Waals surface area contributed by atoms with Crippen molar-refractivity contribution in [2.75, 3.05) is 26.4 Å². The van der Waals surface area contributed by atoms with E-state index in [2.05, 4.69) is 4.74 Å². The van der Waals surface area contributed by atoms with E-state index in [1.54, 1.807) is 0 Å². The summed E-state index contributed by atoms with van der Waals surface area (Å²) in [6.07, 6.45) is 0.862. The molecular weight excluding hydrogens is 292 g/mol. The molecule has 0 aromatic heterocycles. The maximum absolute atomic E-state index is 12.6. The number of nitrogen functional groups attached to an aromatic ring is 1. The summed E-state index contributed by atoms with van der Waals surface area (Å²) in [6, 6.07) is 4.12. The second kappa shape index (κ2) is 6.91. The summed E-state index contributed by atoms with van der Waals surface area (Å²) in [5, 5.41) is 0. The number of anilines is 1. The zero-order valence-electron chi connectivity index (χ0n) is 12.8. The highest BCUT2D eigenvalue weighted by molar-refractivity contribution is 7.89. The van der Waals surface area contributed by atoms with Crippen molar-refractivity contribution in [1.29, 1.82) is 0 Å². The van der Waals surface area contributed by atoms with Crippen LogP contribution < -0.4 is 5.73 Å². The fourth-order valence-corrected chi connectivity index (χ4v) is 3.37. The minimum atomic E-state index is -3.80. The number of rotatable bonds is 6. The first-order chi connectivity index (χ1) is 9.73. The highest BCUT2D eigenvalue weighted by Gasteiger charge is 2.28. The molecule has 7 heteroatoms. The van der Waals surface area contributed by atoms with E-state index in [1.165, 1.54) is 36.7 Å². The molecule has 2 N–H and O–H groups in total. The molecule has 0 saturated carbocycles. The number of benzene rings is 1. The molecule has 0 aliphatic carbocycles. The second-order valence-electron chi connectivity index (χ2n) is 5.05. The molecule has 0 fully saturated rings. The molecule has 0 radical (unpaired) electrons. The Bertz CT molecular complexity index is 613. The lowest BCUT2D eigenvalue weighted by Gasteiger charge is -2.21. The Morgan fingerprint density at radius 1 is 1.43 bits per heavy atom. The molecule has 0 aliphatic rings. The highest BCUT2D eigenvalue weighted by atomic mass is 32.2. The Morgan fingerprint density at radius 2 is 2.05 bits per heavy atom. The first-order valence-electron chi connectivity index (χ1n) is 6.68. The molecular formula is C14H22N2O4S. The number of sulfonamides is 1. The molecule has 118 valence electrons. The van der Waals surface area contributed by atoms with Gasteiger partial charge in [0.15, 0.2) is 0 Å². The van der Waals surface area contributed by atoms with E-state index in [1.807, 2.05) is 13.8 Å². The molecule has 1 aromatic rings. The van der Waals surface area contributed by atoms with Crippen molar-refractivity contribution in [3.8, 4) is 0 Å². The molecule has 1 unspecified atom stereocenters. The molecule has 0 heterocycles. The molecule has 0 saturated heterocycles. The van der Waals surface area contributed by atoms with Gasteiger partial charge in [-0.1, -0.05) is 20.3 Å². The normalized spacial score (nSPS) is 13.2. The van der Waals surface area contributed by atoms with Gasteiger partial charge in [0.1, 0.15) is 0 Å². The first-order valence-corrected chi connectivity index (χ1v) is 8.12. The quantitative estimate of drug-likeness (QED) is 0.638. The Balaban J connectivity index is 3.30. The lowest BCUT2D eigenvalue weighted by atomic mass is 10.1. The molecule has 0 amide bonds. The van der Waals surface area contributed by atoms with Gasteiger partial charge in [0.25, 0.3) is 0 Å². The van der Waals surface area contributed by atoms with Gasteiger partial charge in [-0.15, -0.1) is 0 Å². The predicted molar refractivity (Wildman–Crippen MR) is 81.5 cm³/mol. The van der Waals surface area contributed by atoms with Crippen molar-refractivity contribution in [2.24, 2.45) is 5.92 Å². The standard InChI is InChI=1S/C14H22N2O4S/c1-5-10(2)9-16(3)21(18,19)13-8-11(15)6-7-12(13)14(17)20-4/h6-8,10H,5,9,15H2,1-4H3. The number of nitrogens with two attached hydrogens (primary N) is 1. The van der Waals surface area contributed by atoms with Gasteiger partial charge in [0.2, 0.25) is 10.0 Å². The SMILES string of the molecule is CCC(C)CN(C)S(=O)(=O)c1cc(N)ccc1C(=O)OC. The number of carbonyl (C=O) groups excluding carboxylic acids is 1. The van der Waals surface area contributed by atoms with Crippen LogP contribution in [0.3, 0.4) is 0 Å². The molecule has 0 spiro atoms. The molecule has 0 aliphatic heterocycles. The van der Waals surface area contributed by atoms with E-state index in [0.717, 1.165) is 6.42 Å². The van der Waals surface area contributed by atoms with Crippen LogP contribution in [0, 0.1) is 5.92 Å². The first kappa shape index (κ1) is 17.5. The number of methoxy groups -OCH3 is 1. The molecule has 0 bridgehead atoms. The Morgan fingerprint density at radius 3 is 2.57 bits per heavy atom. The summed E-state index contributed by atoms with van der Waals surface area (Å²) in [5.41, 5.74) is 5.92. The van der Waals surface area contributed by atoms with Gasteiger partial charge in [0, 0.05) is 19.3 Å². The van der Waals surface area contributed by atoms with Gasteiger partial charge in [-0.05, 0) is 24.1 Å². The van der Waals surface area contributed by atoms with E-state index < -0.39 is 16.0 Å². The molecule has 1 rings (SSSR count). The van der Waals surface area contributed by atoms with Gasteiger partial charge in [0.05, 0.1) is 17.6 Å². The Kier molecular flexibility index (Phi) is 5.74. The third-order valence-electron chi connectivity index (χ3n) is 3.36. The van der Waals surface area contributed by atoms with Gasteiger partial charge in [-0.3, -0.25) is 0 Å². The minimum Gasteiger partial charge on any atom is -0.465 e. The van der Waals surface area contributed by atoms with Gasteiger partial charge in [-0.2, -0.15) is 0 Å². The number of nitrogens with zero attached hydrogens (tertiary/aromatic N) is 1. The number of esters is 1. The summed E-state index contributed by atoms with van der Waals surface area (Å²) < 4.78 is 31.1. The Hall–Kier alpha value is -1.60. The van der Waals surface area contributed by atoms with Crippen molar-refractivity contribution in [1.82, 2.24) is 4.31 Å². The van der Waals surface area contributed by atoms with Crippen LogP contribution in [0.5, 0.6) is 0 Å². The van der Waals surface area contributed by atoms with Crippen LogP contribution in [0.2, 0.25) is 0 Å². The minimum absolute atomic E-state index is 0.0114. The lowest BCUT2D eigenvalue weighted by Crippen LogP contribution is -2.32. The fraction of sp³-hybridized carbons (Fsp3) is 0.500. The monoisotopic (exact) mass is 314 g/mol. The Labute approximate surface area is 125 Å². The van der Waals surface area contributed by atoms with Crippen molar-refractivity contribution in [3.63, 3.8) is 0 Å². The van der Waals surface area contributed by atoms with E-state index in [4.69, 9.17) is 5.73 Å². The summed E-state index contributed by atoms with van der Waals surface area (Å²) in [5.74, 6) is -0.488. The summed E-state index contributed by atoms with van der Waals surface area (Å²) in [4.78, 5) is 11.6. The maximum Gasteiger partial charge on any atom is 0.339 e. The predicted octanol–water partition coefficient (Wildman–Crippen LogP) is 1.72. The molecule has 1 aromatic carbocycles. The van der Waals surface area contributed by atoms with Crippen molar-refractivity contribution in [2.45, 2.75) is 25.2 Å². The van der Waals surface area contributed by atoms with Gasteiger partial charge in [-0.25, -0.2) is 17.5 Å². The van der Waals surface area contributed by atoms with Crippen molar-refractivity contribution in [3.05, 3.63) is 23.8 Å². The highest BCUT2D eigenvalue weighted by Crippen LogP contribution is 2.24. The smallest absolute Gasteiger partial charge is 0.339 e. The summed E-state index contributed by atoms with van der Waals surface area (Å²) in [7, 11) is -1.10. The van der Waals surface area contributed by atoms with Crippen molar-refractivity contribution < 1.29 is 17.9 Å². The van der Waals surface area contributed by atoms with Crippen LogP contribution in [-0.2, 0) is 14.8 Å². The van der Waals surface area contributed by atoms with Gasteiger partial charge < -0.3 is 10.5 Å². The van der Waals surface area contributed by atoms with E-state index >= 15 is 0 Å². The molecule has 1 atom stereocenters. The van der Waals surface area contributed by atoms with E-state index in [0.29, 0.717) is 6.54 Å². The molecule has 6 nitrogen and oxygen atoms in total. The van der Waals surface area contributed by atoms with Crippen LogP contribution >= 0.6 is 0 Å². The molecule has 21 heavy (non-hydrogen) atoms. The van der Waals surface area contributed by atoms with Crippen LogP contribution in [0.25, 0.3) is 0 Å². The topological polar surface area (TPSA) is 89.7 Å². The fourth-order valence-electron chi connectivity index (χ4n) is 1.86. The van der Waals surface area contributed by atoms with Crippen molar-refractivity contribution >= 4 is 21.7 Å². The summed E-state index contributed by atoms with van der Waals surface area (Å²) in [6.45, 7) is 4.33. The van der Waals surface area contributed by atoms with E-state index in [-0.39, 0.29) is 22.1 Å². The third-order valence-corrected chi connectivity index (χ3v) is 5.23. The largest absolute Gasteiger partial charge is 0.465 e. The van der Waals surface area contributed by atoms with Crippen LogP contribution in [0.4, 0.5) is 5.69 Å². The number of hydrogen-bond acceptors (Lipinski definition) is 5. The lowest BCUT2D eigenvalue weighted by molar-refractivity contribution is 0.0596. The number of hydrogen-bond donors (Lipinski definition) is 1. The van der Waals surface area contributed by atoms with Gasteiger partial charge >= 0.3 is 5.97 Å². The number of ether oxygens (including phenoxy) is 1. The summed E-state index contributed by atoms with van der Waals surface area (Å²) >= 11 is 0. The third kappa shape index (κ3) is 3.95. The van der Waals surface area contributed by atoms with Crippen LogP contribution in [-0.4, -0.2) is 39.4 Å². The maximum atomic E-state index is 12.6. The zero-order valence-corrected chi connectivity index (χ0v) is 13.6. The zero-order chi connectivity index (χ0) is 16.2. The average molecular weight is 314 g/mol. The van der Waals surface area contributed by atoms with Crippen LogP contribution in [0.1, 0.15) is 30.6 Å². The van der Waals surface area contributed by atoms with Crippen LogP contribution in [0.15, 0.2) is 23.1 Å².